The second-order valence-electron chi connectivity index (χ2n) is 4.40. The first-order valence-electron chi connectivity index (χ1n) is 6.14. The fraction of sp³-hybridized carbons (Fsp3) is 0.188. The molecule has 0 fully saturated rings. The highest BCUT2D eigenvalue weighted by Gasteiger charge is 2.16. The van der Waals surface area contributed by atoms with Crippen molar-refractivity contribution in [3.8, 4) is 0 Å². The molecule has 0 aromatic heterocycles. The van der Waals surface area contributed by atoms with Crippen LogP contribution in [0.5, 0.6) is 0 Å². The summed E-state index contributed by atoms with van der Waals surface area (Å²) in [7, 11) is -0.427. The summed E-state index contributed by atoms with van der Waals surface area (Å²) in [6.07, 6.45) is 1.98. The normalized spacial score (nSPS) is 12.3. The molecule has 0 aliphatic rings. The lowest BCUT2D eigenvalue weighted by Crippen LogP contribution is -2.17. The quantitative estimate of drug-likeness (QED) is 0.594. The standard InChI is InChI=1S/C16H17OP/c1-14(12-17)13-18(15-8-4-2-5-9-15)16-10-6-3-7-11-16/h2-12,14H,13H2,1H3. The van der Waals surface area contributed by atoms with Crippen molar-refractivity contribution in [2.24, 2.45) is 5.92 Å². The first-order valence-corrected chi connectivity index (χ1v) is 7.67. The van der Waals surface area contributed by atoms with Gasteiger partial charge in [-0.25, -0.2) is 0 Å². The SMILES string of the molecule is CC(C=O)CP(c1ccccc1)c1ccccc1. The van der Waals surface area contributed by atoms with E-state index < -0.39 is 7.92 Å². The molecule has 0 saturated heterocycles. The number of aldehydes is 1. The molecule has 0 saturated carbocycles. The molecule has 1 unspecified atom stereocenters. The predicted octanol–water partition coefficient (Wildman–Crippen LogP) is 2.95. The second kappa shape index (κ2) is 6.47. The molecule has 92 valence electrons. The van der Waals surface area contributed by atoms with Gasteiger partial charge in [0.05, 0.1) is 0 Å². The van der Waals surface area contributed by atoms with Crippen LogP contribution < -0.4 is 10.6 Å². The van der Waals surface area contributed by atoms with E-state index in [9.17, 15) is 4.79 Å². The molecule has 0 radical (unpaired) electrons. The van der Waals surface area contributed by atoms with Gasteiger partial charge in [0.25, 0.3) is 0 Å². The third-order valence-corrected chi connectivity index (χ3v) is 5.62. The Labute approximate surface area is 110 Å². The number of hydrogen-bond donors (Lipinski definition) is 0. The van der Waals surface area contributed by atoms with E-state index in [2.05, 4.69) is 48.5 Å². The van der Waals surface area contributed by atoms with Crippen molar-refractivity contribution in [1.29, 1.82) is 0 Å². The Morgan fingerprint density at radius 2 is 1.39 bits per heavy atom. The number of hydrogen-bond acceptors (Lipinski definition) is 1. The lowest BCUT2D eigenvalue weighted by molar-refractivity contribution is -0.110. The maximum Gasteiger partial charge on any atom is 0.123 e. The Hall–Kier alpha value is -1.46. The molecular formula is C16H17OP. The first-order chi connectivity index (χ1) is 8.81. The third-order valence-electron chi connectivity index (χ3n) is 2.84. The van der Waals surface area contributed by atoms with Crippen LogP contribution in [0, 0.1) is 5.92 Å². The number of rotatable bonds is 5. The van der Waals surface area contributed by atoms with Gasteiger partial charge in [-0.15, -0.1) is 0 Å². The Morgan fingerprint density at radius 1 is 0.944 bits per heavy atom. The Kier molecular flexibility index (Phi) is 4.66. The maximum absolute atomic E-state index is 10.9. The Balaban J connectivity index is 2.32. The monoisotopic (exact) mass is 256 g/mol. The average Bonchev–Trinajstić information content (AvgIpc) is 2.46. The van der Waals surface area contributed by atoms with Crippen molar-refractivity contribution in [3.63, 3.8) is 0 Å². The highest BCUT2D eigenvalue weighted by molar-refractivity contribution is 7.73. The van der Waals surface area contributed by atoms with Crippen LogP contribution in [0.2, 0.25) is 0 Å². The van der Waals surface area contributed by atoms with E-state index in [1.165, 1.54) is 10.6 Å². The summed E-state index contributed by atoms with van der Waals surface area (Å²) in [5.41, 5.74) is 0. The van der Waals surface area contributed by atoms with E-state index in [-0.39, 0.29) is 5.92 Å². The van der Waals surface area contributed by atoms with Gasteiger partial charge < -0.3 is 4.79 Å². The van der Waals surface area contributed by atoms with Gasteiger partial charge in [0, 0.05) is 5.92 Å². The number of benzene rings is 2. The van der Waals surface area contributed by atoms with E-state index in [0.717, 1.165) is 12.4 Å². The van der Waals surface area contributed by atoms with Crippen LogP contribution >= 0.6 is 7.92 Å². The molecule has 0 amide bonds. The smallest absolute Gasteiger partial charge is 0.123 e. The number of carbonyl (C=O) groups is 1. The van der Waals surface area contributed by atoms with Crippen molar-refractivity contribution in [2.45, 2.75) is 6.92 Å². The van der Waals surface area contributed by atoms with Crippen molar-refractivity contribution in [2.75, 3.05) is 6.16 Å². The molecule has 2 rings (SSSR count). The molecule has 0 bridgehead atoms. The fourth-order valence-corrected chi connectivity index (χ4v) is 4.35. The summed E-state index contributed by atoms with van der Waals surface area (Å²) in [6.45, 7) is 1.99. The fourth-order valence-electron chi connectivity index (χ4n) is 1.91. The highest BCUT2D eigenvalue weighted by Crippen LogP contribution is 2.35. The summed E-state index contributed by atoms with van der Waals surface area (Å²) in [4.78, 5) is 10.9. The third kappa shape index (κ3) is 3.27. The van der Waals surface area contributed by atoms with Gasteiger partial charge in [0.15, 0.2) is 0 Å². The molecule has 18 heavy (non-hydrogen) atoms. The molecule has 2 aromatic rings. The van der Waals surface area contributed by atoms with E-state index in [4.69, 9.17) is 0 Å². The van der Waals surface area contributed by atoms with Gasteiger partial charge in [-0.1, -0.05) is 67.6 Å². The lowest BCUT2D eigenvalue weighted by Gasteiger charge is -2.20. The minimum atomic E-state index is -0.427. The van der Waals surface area contributed by atoms with Crippen molar-refractivity contribution in [1.82, 2.24) is 0 Å². The average molecular weight is 256 g/mol. The molecule has 0 spiro atoms. The van der Waals surface area contributed by atoms with Crippen LogP contribution in [-0.4, -0.2) is 12.4 Å². The van der Waals surface area contributed by atoms with E-state index >= 15 is 0 Å². The summed E-state index contributed by atoms with van der Waals surface area (Å²) in [5.74, 6) is 0.108. The molecule has 0 aliphatic heterocycles. The molecule has 2 aromatic carbocycles. The zero-order chi connectivity index (χ0) is 12.8. The van der Waals surface area contributed by atoms with Gasteiger partial charge in [-0.05, 0) is 24.7 Å². The van der Waals surface area contributed by atoms with Crippen molar-refractivity contribution >= 4 is 24.8 Å². The minimum Gasteiger partial charge on any atom is -0.303 e. The molecular weight excluding hydrogens is 239 g/mol. The van der Waals surface area contributed by atoms with E-state index in [0.29, 0.717) is 0 Å². The van der Waals surface area contributed by atoms with Gasteiger partial charge in [-0.3, -0.25) is 0 Å². The van der Waals surface area contributed by atoms with Crippen LogP contribution in [0.25, 0.3) is 0 Å². The molecule has 1 atom stereocenters. The van der Waals surface area contributed by atoms with Crippen LogP contribution in [0.1, 0.15) is 6.92 Å². The van der Waals surface area contributed by atoms with Gasteiger partial charge in [0.1, 0.15) is 6.29 Å². The highest BCUT2D eigenvalue weighted by atomic mass is 31.1. The first kappa shape index (κ1) is 13.0. The maximum atomic E-state index is 10.9. The Morgan fingerprint density at radius 3 is 1.78 bits per heavy atom. The zero-order valence-corrected chi connectivity index (χ0v) is 11.4. The van der Waals surface area contributed by atoms with Crippen molar-refractivity contribution in [3.05, 3.63) is 60.7 Å². The number of carbonyl (C=O) groups excluding carboxylic acids is 1. The summed E-state index contributed by atoms with van der Waals surface area (Å²) in [5, 5.41) is 2.68. The molecule has 2 heteroatoms. The largest absolute Gasteiger partial charge is 0.303 e. The predicted molar refractivity (Wildman–Crippen MR) is 79.2 cm³/mol. The molecule has 0 heterocycles. The molecule has 0 aliphatic carbocycles. The van der Waals surface area contributed by atoms with Crippen LogP contribution in [-0.2, 0) is 4.79 Å². The van der Waals surface area contributed by atoms with E-state index in [1.807, 2.05) is 19.1 Å². The van der Waals surface area contributed by atoms with E-state index in [1.54, 1.807) is 0 Å². The van der Waals surface area contributed by atoms with Crippen LogP contribution in [0.15, 0.2) is 60.7 Å². The summed E-state index contributed by atoms with van der Waals surface area (Å²) in [6, 6.07) is 21.0. The topological polar surface area (TPSA) is 17.1 Å². The Bertz CT molecular complexity index is 441. The second-order valence-corrected chi connectivity index (χ2v) is 6.65. The summed E-state index contributed by atoms with van der Waals surface area (Å²) < 4.78 is 0. The minimum absolute atomic E-state index is 0.108. The van der Waals surface area contributed by atoms with Crippen LogP contribution in [0.4, 0.5) is 0 Å². The van der Waals surface area contributed by atoms with Crippen molar-refractivity contribution < 1.29 is 4.79 Å². The van der Waals surface area contributed by atoms with Gasteiger partial charge >= 0.3 is 0 Å². The van der Waals surface area contributed by atoms with Gasteiger partial charge in [-0.2, -0.15) is 0 Å². The molecule has 1 nitrogen and oxygen atoms in total. The zero-order valence-electron chi connectivity index (χ0n) is 10.5. The van der Waals surface area contributed by atoms with Crippen LogP contribution in [0.3, 0.4) is 0 Å². The molecule has 0 N–H and O–H groups in total. The van der Waals surface area contributed by atoms with Gasteiger partial charge in [0.2, 0.25) is 0 Å². The summed E-state index contributed by atoms with van der Waals surface area (Å²) >= 11 is 0. The lowest BCUT2D eigenvalue weighted by atomic mass is 10.3.